The van der Waals surface area contributed by atoms with Crippen molar-refractivity contribution in [1.29, 1.82) is 0 Å². The zero-order valence-corrected chi connectivity index (χ0v) is 12.9. The van der Waals surface area contributed by atoms with Gasteiger partial charge in [0.25, 0.3) is 0 Å². The molecule has 126 valence electrons. The topological polar surface area (TPSA) is 53.9 Å². The van der Waals surface area contributed by atoms with E-state index in [9.17, 15) is 18.0 Å². The monoisotopic (exact) mass is 329 g/mol. The summed E-state index contributed by atoms with van der Waals surface area (Å²) in [6.07, 6.45) is -4.95. The Morgan fingerprint density at radius 2 is 2.00 bits per heavy atom. The highest BCUT2D eigenvalue weighted by Gasteiger charge is 2.32. The van der Waals surface area contributed by atoms with Crippen molar-refractivity contribution in [2.24, 2.45) is 4.99 Å². The predicted octanol–water partition coefficient (Wildman–Crippen LogP) is 3.18. The second-order valence-corrected chi connectivity index (χ2v) is 4.93. The van der Waals surface area contributed by atoms with Crippen LogP contribution in [0.1, 0.15) is 31.0 Å². The van der Waals surface area contributed by atoms with E-state index in [1.54, 1.807) is 6.92 Å². The Morgan fingerprint density at radius 3 is 2.52 bits per heavy atom. The number of ether oxygens (including phenoxy) is 1. The van der Waals surface area contributed by atoms with Crippen molar-refractivity contribution in [3.8, 4) is 0 Å². The van der Waals surface area contributed by atoms with Crippen LogP contribution >= 0.6 is 0 Å². The third kappa shape index (κ3) is 3.94. The number of rotatable bonds is 3. The lowest BCUT2D eigenvalue weighted by Gasteiger charge is -2.26. The van der Waals surface area contributed by atoms with Crippen LogP contribution < -0.4 is 5.32 Å². The highest BCUT2D eigenvalue weighted by atomic mass is 19.4. The Labute approximate surface area is 132 Å². The first-order valence-corrected chi connectivity index (χ1v) is 7.28. The number of alkyl carbamates (subject to hydrolysis) is 1. The molecule has 8 heteroatoms. The van der Waals surface area contributed by atoms with E-state index in [1.165, 1.54) is 12.1 Å². The normalized spacial score (nSPS) is 17.9. The van der Waals surface area contributed by atoms with Gasteiger partial charge in [-0.2, -0.15) is 13.2 Å². The second-order valence-electron chi connectivity index (χ2n) is 4.93. The molecule has 0 aromatic heterocycles. The summed E-state index contributed by atoms with van der Waals surface area (Å²) < 4.78 is 42.7. The first-order chi connectivity index (χ1) is 10.9. The first-order valence-electron chi connectivity index (χ1n) is 7.28. The predicted molar refractivity (Wildman–Crippen MR) is 79.0 cm³/mol. The number of nitrogens with one attached hydrogen (secondary N) is 1. The van der Waals surface area contributed by atoms with Crippen molar-refractivity contribution in [2.45, 2.75) is 26.1 Å². The molecule has 0 saturated carbocycles. The third-order valence-electron chi connectivity index (χ3n) is 3.52. The summed E-state index contributed by atoms with van der Waals surface area (Å²) in [5.74, 6) is 0.371. The van der Waals surface area contributed by atoms with E-state index in [2.05, 4.69) is 10.3 Å². The van der Waals surface area contributed by atoms with Crippen LogP contribution in [-0.4, -0.2) is 36.6 Å². The Balaban J connectivity index is 2.11. The average molecular weight is 329 g/mol. The van der Waals surface area contributed by atoms with Crippen LogP contribution in [-0.2, 0) is 10.9 Å². The zero-order valence-electron chi connectivity index (χ0n) is 12.9. The number of guanidine groups is 1. The SMILES string of the molecule is CCOC(=O)NC1=NCC(c2ccc(C(F)(F)F)cc2)N1CC. The van der Waals surface area contributed by atoms with Crippen LogP contribution in [0.5, 0.6) is 0 Å². The Kier molecular flexibility index (Phi) is 5.12. The quantitative estimate of drug-likeness (QED) is 0.927. The maximum atomic E-state index is 12.6. The minimum atomic E-state index is -4.36. The third-order valence-corrected chi connectivity index (χ3v) is 3.52. The first kappa shape index (κ1) is 17.1. The van der Waals surface area contributed by atoms with E-state index in [-0.39, 0.29) is 12.6 Å². The van der Waals surface area contributed by atoms with Crippen molar-refractivity contribution in [3.63, 3.8) is 0 Å². The van der Waals surface area contributed by atoms with Crippen molar-refractivity contribution in [1.82, 2.24) is 10.2 Å². The van der Waals surface area contributed by atoms with Gasteiger partial charge in [-0.3, -0.25) is 10.3 Å². The maximum absolute atomic E-state index is 12.6. The number of aliphatic imine (C=N–C) groups is 1. The summed E-state index contributed by atoms with van der Waals surface area (Å²) in [7, 11) is 0. The molecule has 1 aliphatic heterocycles. The van der Waals surface area contributed by atoms with Crippen LogP contribution in [0.2, 0.25) is 0 Å². The number of hydrogen-bond donors (Lipinski definition) is 1. The molecule has 1 heterocycles. The molecule has 0 saturated heterocycles. The van der Waals surface area contributed by atoms with Gasteiger partial charge in [0.05, 0.1) is 24.8 Å². The molecule has 1 aromatic carbocycles. The Morgan fingerprint density at radius 1 is 1.35 bits per heavy atom. The van der Waals surface area contributed by atoms with Gasteiger partial charge in [0.2, 0.25) is 5.96 Å². The van der Waals surface area contributed by atoms with Crippen LogP contribution in [0.3, 0.4) is 0 Å². The zero-order chi connectivity index (χ0) is 17.0. The molecule has 1 unspecified atom stereocenters. The highest BCUT2D eigenvalue weighted by molar-refractivity contribution is 5.95. The number of benzene rings is 1. The van der Waals surface area contributed by atoms with Crippen molar-refractivity contribution >= 4 is 12.1 Å². The number of hydrogen-bond acceptors (Lipinski definition) is 4. The molecule has 1 amide bonds. The fourth-order valence-corrected chi connectivity index (χ4v) is 2.43. The number of carbonyl (C=O) groups is 1. The number of alkyl halides is 3. The largest absolute Gasteiger partial charge is 0.450 e. The van der Waals surface area contributed by atoms with Crippen LogP contribution in [0.25, 0.3) is 0 Å². The van der Waals surface area contributed by atoms with Gasteiger partial charge in [-0.25, -0.2) is 4.79 Å². The number of carbonyl (C=O) groups excluding carboxylic acids is 1. The summed E-state index contributed by atoms with van der Waals surface area (Å²) in [4.78, 5) is 17.6. The Hall–Kier alpha value is -2.25. The molecule has 1 aromatic rings. The fourth-order valence-electron chi connectivity index (χ4n) is 2.43. The van der Waals surface area contributed by atoms with E-state index in [1.807, 2.05) is 11.8 Å². The maximum Gasteiger partial charge on any atom is 0.416 e. The molecule has 0 bridgehead atoms. The van der Waals surface area contributed by atoms with Gasteiger partial charge in [-0.15, -0.1) is 0 Å². The number of nitrogens with zero attached hydrogens (tertiary/aromatic N) is 2. The smallest absolute Gasteiger partial charge is 0.416 e. The summed E-state index contributed by atoms with van der Waals surface area (Å²) in [5, 5.41) is 2.55. The minimum absolute atomic E-state index is 0.209. The molecule has 1 atom stereocenters. The molecular formula is C15H18F3N3O2. The van der Waals surface area contributed by atoms with Crippen molar-refractivity contribution in [2.75, 3.05) is 19.7 Å². The van der Waals surface area contributed by atoms with Crippen LogP contribution in [0, 0.1) is 0 Å². The van der Waals surface area contributed by atoms with E-state index in [0.717, 1.165) is 12.1 Å². The summed E-state index contributed by atoms with van der Waals surface area (Å²) in [5.41, 5.74) is 0.0253. The average Bonchev–Trinajstić information content (AvgIpc) is 2.89. The highest BCUT2D eigenvalue weighted by Crippen LogP contribution is 2.32. The van der Waals surface area contributed by atoms with Crippen LogP contribution in [0.15, 0.2) is 29.3 Å². The molecule has 0 aliphatic carbocycles. The lowest BCUT2D eigenvalue weighted by molar-refractivity contribution is -0.137. The standard InChI is InChI=1S/C15H18F3N3O2/c1-3-21-12(9-19-13(21)20-14(22)23-4-2)10-5-7-11(8-6-10)15(16,17)18/h5-8,12H,3-4,9H2,1-2H3,(H,19,20,22). The van der Waals surface area contributed by atoms with Gasteiger partial charge in [0, 0.05) is 6.54 Å². The molecule has 23 heavy (non-hydrogen) atoms. The van der Waals surface area contributed by atoms with Crippen molar-refractivity contribution in [3.05, 3.63) is 35.4 Å². The lowest BCUT2D eigenvalue weighted by Crippen LogP contribution is -2.42. The molecule has 5 nitrogen and oxygen atoms in total. The number of likely N-dealkylation sites (N-methyl/N-ethyl adjacent to an activating group) is 1. The van der Waals surface area contributed by atoms with Crippen molar-refractivity contribution < 1.29 is 22.7 Å². The van der Waals surface area contributed by atoms with Gasteiger partial charge < -0.3 is 9.64 Å². The fraction of sp³-hybridized carbons (Fsp3) is 0.467. The van der Waals surface area contributed by atoms with Gasteiger partial charge in [0.1, 0.15) is 0 Å². The Bertz CT molecular complexity index is 585. The van der Waals surface area contributed by atoms with Gasteiger partial charge in [-0.1, -0.05) is 12.1 Å². The molecule has 1 aliphatic rings. The summed E-state index contributed by atoms with van der Waals surface area (Å²) in [6.45, 7) is 4.73. The molecule has 0 fully saturated rings. The van der Waals surface area contributed by atoms with Gasteiger partial charge >= 0.3 is 12.3 Å². The number of halogens is 3. The molecular weight excluding hydrogens is 311 g/mol. The van der Waals surface area contributed by atoms with E-state index in [4.69, 9.17) is 4.74 Å². The van der Waals surface area contributed by atoms with E-state index in [0.29, 0.717) is 24.6 Å². The molecule has 0 spiro atoms. The summed E-state index contributed by atoms with van der Waals surface area (Å²) >= 11 is 0. The lowest BCUT2D eigenvalue weighted by atomic mass is 10.0. The number of amides is 1. The van der Waals surface area contributed by atoms with Gasteiger partial charge in [-0.05, 0) is 31.5 Å². The second kappa shape index (κ2) is 6.89. The summed E-state index contributed by atoms with van der Waals surface area (Å²) in [6, 6.07) is 4.79. The molecule has 1 N–H and O–H groups in total. The van der Waals surface area contributed by atoms with Gasteiger partial charge in [0.15, 0.2) is 0 Å². The minimum Gasteiger partial charge on any atom is -0.450 e. The molecule has 0 radical (unpaired) electrons. The van der Waals surface area contributed by atoms with Crippen LogP contribution in [0.4, 0.5) is 18.0 Å². The van der Waals surface area contributed by atoms with E-state index >= 15 is 0 Å². The van der Waals surface area contributed by atoms with E-state index < -0.39 is 17.8 Å². The molecule has 2 rings (SSSR count).